The maximum Gasteiger partial charge on any atom is 0.256 e. The molecule has 2 heterocycles. The highest BCUT2D eigenvalue weighted by atomic mass is 32.2. The quantitative estimate of drug-likeness (QED) is 0.0745. The second kappa shape index (κ2) is 28.5. The number of amides is 4. The van der Waals surface area contributed by atoms with Crippen LogP contribution in [-0.4, -0.2) is 183 Å². The van der Waals surface area contributed by atoms with Crippen LogP contribution in [0.25, 0.3) is 0 Å². The fraction of sp³-hybridized carbons (Fsp3) is 0.708. The second-order valence-electron chi connectivity index (χ2n) is 18.7. The summed E-state index contributed by atoms with van der Waals surface area (Å²) in [6.07, 6.45) is 2.18. The first-order valence-electron chi connectivity index (χ1n) is 24.2. The maximum atomic E-state index is 14.4. The van der Waals surface area contributed by atoms with Crippen molar-refractivity contribution in [3.8, 4) is 0 Å². The number of likely N-dealkylation sites (N-methyl/N-ethyl adjacent to an activating group) is 1. The van der Waals surface area contributed by atoms with Crippen molar-refractivity contribution in [2.24, 2.45) is 27.9 Å². The third-order valence-corrected chi connectivity index (χ3v) is 13.9. The van der Waals surface area contributed by atoms with Gasteiger partial charge in [0, 0.05) is 75.9 Å². The molecule has 1 aliphatic rings. The molecule has 1 aromatic heterocycles. The molecule has 1 aromatic carbocycles. The molecule has 4 amide bonds. The zero-order valence-electron chi connectivity index (χ0n) is 44.0. The monoisotopic (exact) mass is 1000 g/mol. The van der Waals surface area contributed by atoms with E-state index in [0.29, 0.717) is 49.1 Å². The summed E-state index contributed by atoms with van der Waals surface area (Å²) in [5.41, 5.74) is 1.17. The van der Waals surface area contributed by atoms with Gasteiger partial charge < -0.3 is 44.0 Å². The summed E-state index contributed by atoms with van der Waals surface area (Å²) >= 11 is 0. The van der Waals surface area contributed by atoms with Gasteiger partial charge >= 0.3 is 0 Å². The summed E-state index contributed by atoms with van der Waals surface area (Å²) < 4.78 is 47.5. The fourth-order valence-electron chi connectivity index (χ4n) is 8.75. The van der Waals surface area contributed by atoms with Gasteiger partial charge in [-0.15, -0.1) is 5.10 Å². The number of guanidine groups is 1. The highest BCUT2D eigenvalue weighted by Crippen LogP contribution is 2.30. The van der Waals surface area contributed by atoms with E-state index in [0.717, 1.165) is 6.42 Å². The zero-order chi connectivity index (χ0) is 52.3. The minimum absolute atomic E-state index is 0.00766. The average molecular weight is 1000 g/mol. The van der Waals surface area contributed by atoms with Gasteiger partial charge in [-0.2, -0.15) is 0 Å². The number of likely N-dealkylation sites (tertiary alicyclic amines) is 1. The number of aryl methyl sites for hydroxylation is 1. The van der Waals surface area contributed by atoms with E-state index in [1.165, 1.54) is 11.8 Å². The molecular formula is C48H81N11O10S. The van der Waals surface area contributed by atoms with E-state index < -0.39 is 69.9 Å². The number of aliphatic imine (C=N–C) groups is 1. The fourth-order valence-corrected chi connectivity index (χ4v) is 9.81. The topological polar surface area (TPSA) is 232 Å². The first kappa shape index (κ1) is 59.0. The maximum absolute atomic E-state index is 14.4. The van der Waals surface area contributed by atoms with Crippen LogP contribution in [0.5, 0.6) is 0 Å². The number of hydrogen-bond donors (Lipinski definition) is 2. The number of methoxy groups -OCH3 is 2. The van der Waals surface area contributed by atoms with Crippen LogP contribution >= 0.6 is 0 Å². The first-order valence-corrected chi connectivity index (χ1v) is 25.9. The molecule has 0 bridgehead atoms. The number of nitrogens with zero attached hydrogens (tertiary/aromatic N) is 9. The third kappa shape index (κ3) is 17.5. The van der Waals surface area contributed by atoms with E-state index in [2.05, 4.69) is 25.5 Å². The molecule has 1 saturated heterocycles. The van der Waals surface area contributed by atoms with Gasteiger partial charge in [0.15, 0.2) is 12.6 Å². The number of sulfonamides is 1. The molecule has 1 fully saturated rings. The van der Waals surface area contributed by atoms with E-state index in [1.807, 2.05) is 78.7 Å². The molecule has 8 atom stereocenters. The lowest BCUT2D eigenvalue weighted by molar-refractivity contribution is -0.146. The predicted molar refractivity (Wildman–Crippen MR) is 268 cm³/mol. The van der Waals surface area contributed by atoms with Gasteiger partial charge in [0.25, 0.3) is 5.91 Å². The Balaban J connectivity index is 1.76. The lowest BCUT2D eigenvalue weighted by Gasteiger charge is -2.40. The molecule has 0 spiro atoms. The Morgan fingerprint density at radius 3 is 2.21 bits per heavy atom. The van der Waals surface area contributed by atoms with Gasteiger partial charge in [-0.25, -0.2) is 13.4 Å². The van der Waals surface area contributed by atoms with Crippen LogP contribution in [0, 0.1) is 17.8 Å². The third-order valence-electron chi connectivity index (χ3n) is 12.5. The van der Waals surface area contributed by atoms with Crippen molar-refractivity contribution in [3.63, 3.8) is 0 Å². The standard InChI is InChI=1S/C48H81N11O10S/c1-15-33(5)43(57(12)47(63)42(32(3)4)50-48(55(8)9)56(10)11)40(66-13)29-41(60)59-26-20-24-39(59)44(67-14)34(6)45(61)49-38(28-36-22-18-17-19-23-36)46(62)53-70(64,65)27-21-25-58-30-37(51-54-58)31-69-52-35(7)68-16-2/h17-19,22-23,30,32-34,38-40,42-44H,15-16,20-21,24-29,31H2,1-14H3,(H,49,61)(H,53,62)/b52-35+/t33-,34+,38-,39-,40+,42-,43-,44+/m0/s1. The number of nitrogens with one attached hydrogen (secondary N) is 2. The molecule has 0 aliphatic carbocycles. The summed E-state index contributed by atoms with van der Waals surface area (Å²) in [4.78, 5) is 74.0. The lowest BCUT2D eigenvalue weighted by Crippen LogP contribution is -2.56. The van der Waals surface area contributed by atoms with Gasteiger partial charge in [0.1, 0.15) is 17.8 Å². The van der Waals surface area contributed by atoms with Crippen LogP contribution in [0.2, 0.25) is 0 Å². The van der Waals surface area contributed by atoms with E-state index in [1.54, 1.807) is 68.3 Å². The zero-order valence-corrected chi connectivity index (χ0v) is 44.8. The van der Waals surface area contributed by atoms with E-state index in [-0.39, 0.29) is 56.1 Å². The van der Waals surface area contributed by atoms with Crippen molar-refractivity contribution in [2.75, 3.05) is 68.4 Å². The lowest BCUT2D eigenvalue weighted by atomic mass is 9.89. The number of carbonyl (C=O) groups excluding carboxylic acids is 4. The molecule has 0 unspecified atom stereocenters. The van der Waals surface area contributed by atoms with Crippen LogP contribution in [0.4, 0.5) is 0 Å². The molecule has 2 N–H and O–H groups in total. The molecule has 2 aromatic rings. The number of aromatic nitrogens is 3. The number of benzene rings is 1. The van der Waals surface area contributed by atoms with Crippen LogP contribution in [0.1, 0.15) is 91.8 Å². The molecule has 22 heteroatoms. The Morgan fingerprint density at radius 1 is 0.957 bits per heavy atom. The summed E-state index contributed by atoms with van der Waals surface area (Å²) in [6, 6.07) is 6.04. The van der Waals surface area contributed by atoms with Gasteiger partial charge in [-0.05, 0) is 43.6 Å². The minimum Gasteiger partial charge on any atom is -0.479 e. The minimum atomic E-state index is -4.15. The van der Waals surface area contributed by atoms with Gasteiger partial charge in [-0.1, -0.05) is 81.7 Å². The number of rotatable bonds is 27. The van der Waals surface area contributed by atoms with E-state index >= 15 is 0 Å². The average Bonchev–Trinajstić information content (AvgIpc) is 3.98. The predicted octanol–water partition coefficient (Wildman–Crippen LogP) is 3.15. The van der Waals surface area contributed by atoms with Crippen molar-refractivity contribution in [2.45, 2.75) is 137 Å². The highest BCUT2D eigenvalue weighted by molar-refractivity contribution is 7.90. The molecular weight excluding hydrogens is 923 g/mol. The molecule has 21 nitrogen and oxygen atoms in total. The Morgan fingerprint density at radius 2 is 1.63 bits per heavy atom. The van der Waals surface area contributed by atoms with Crippen molar-refractivity contribution in [1.82, 2.24) is 44.6 Å². The van der Waals surface area contributed by atoms with Crippen LogP contribution in [-0.2, 0) is 67.8 Å². The Kier molecular flexibility index (Phi) is 24.0. The first-order chi connectivity index (χ1) is 33.1. The molecule has 0 saturated carbocycles. The molecule has 70 heavy (non-hydrogen) atoms. The van der Waals surface area contributed by atoms with Crippen molar-refractivity contribution in [1.29, 1.82) is 0 Å². The Bertz CT molecular complexity index is 2130. The van der Waals surface area contributed by atoms with Gasteiger partial charge in [0.05, 0.1) is 55.2 Å². The van der Waals surface area contributed by atoms with Crippen molar-refractivity contribution >= 4 is 45.5 Å². The van der Waals surface area contributed by atoms with Crippen LogP contribution in [0.3, 0.4) is 0 Å². The number of ether oxygens (including phenoxy) is 3. The molecule has 0 radical (unpaired) electrons. The second-order valence-corrected chi connectivity index (χ2v) is 20.5. The largest absolute Gasteiger partial charge is 0.479 e. The van der Waals surface area contributed by atoms with Gasteiger partial charge in [0.2, 0.25) is 33.6 Å². The van der Waals surface area contributed by atoms with Gasteiger partial charge in [-0.3, -0.25) is 28.6 Å². The van der Waals surface area contributed by atoms with Crippen LogP contribution in [0.15, 0.2) is 46.7 Å². The van der Waals surface area contributed by atoms with E-state index in [4.69, 9.17) is 24.0 Å². The number of carbonyl (C=O) groups is 4. The van der Waals surface area contributed by atoms with Crippen LogP contribution < -0.4 is 10.0 Å². The molecule has 3 rings (SSSR count). The Labute approximate surface area is 416 Å². The number of oxime groups is 1. The molecule has 1 aliphatic heterocycles. The SMILES string of the molecule is CCO/C(C)=N/OCc1cn(CCCS(=O)(=O)NC(=O)[C@H](Cc2ccccc2)NC(=O)[C@H](C)[C@@H](OC)[C@@H]2CCCN2C(=O)C[C@@H](OC)[C@H]([C@@H](C)CC)N(C)C(=O)[C@@H](N=C(N(C)C)N(C)C)C(C)C)nn1. The van der Waals surface area contributed by atoms with Crippen molar-refractivity contribution in [3.05, 3.63) is 47.8 Å². The summed E-state index contributed by atoms with van der Waals surface area (Å²) in [6.45, 7) is 14.3. The normalized spacial score (nSPS) is 17.1. The smallest absolute Gasteiger partial charge is 0.256 e. The highest BCUT2D eigenvalue weighted by Gasteiger charge is 2.43. The molecule has 394 valence electrons. The van der Waals surface area contributed by atoms with Crippen molar-refractivity contribution < 1.29 is 46.6 Å². The Hall–Kier alpha value is -5.35. The van der Waals surface area contributed by atoms with E-state index in [9.17, 15) is 27.6 Å². The summed E-state index contributed by atoms with van der Waals surface area (Å²) in [7, 11) is 8.16. The number of hydrogen-bond acceptors (Lipinski definition) is 14. The summed E-state index contributed by atoms with van der Waals surface area (Å²) in [5.74, 6) is -2.24. The summed E-state index contributed by atoms with van der Waals surface area (Å²) in [5, 5.41) is 14.7.